The number of benzene rings is 1. The molecule has 0 bridgehead atoms. The highest BCUT2D eigenvalue weighted by Crippen LogP contribution is 2.26. The number of amides is 1. The summed E-state index contributed by atoms with van der Waals surface area (Å²) in [5, 5.41) is 0. The van der Waals surface area contributed by atoms with Gasteiger partial charge in [0.15, 0.2) is 0 Å². The summed E-state index contributed by atoms with van der Waals surface area (Å²) in [7, 11) is 0. The third kappa shape index (κ3) is 4.18. The topological polar surface area (TPSA) is 55.6 Å². The Hall–Kier alpha value is -1.17. The van der Waals surface area contributed by atoms with E-state index in [1.807, 2.05) is 20.8 Å². The Kier molecular flexibility index (Phi) is 6.35. The van der Waals surface area contributed by atoms with Crippen molar-refractivity contribution in [2.24, 2.45) is 11.1 Å². The average Bonchev–Trinajstić information content (AvgIpc) is 2.45. The highest BCUT2D eigenvalue weighted by atomic mass is 35.5. The van der Waals surface area contributed by atoms with Crippen LogP contribution in [0.1, 0.15) is 32.4 Å². The quantitative estimate of drug-likeness (QED) is 0.906. The zero-order valence-corrected chi connectivity index (χ0v) is 14.0. The fourth-order valence-corrected chi connectivity index (χ4v) is 2.34. The molecule has 0 saturated carbocycles. The van der Waals surface area contributed by atoms with Crippen LogP contribution in [0.4, 0.5) is 4.39 Å². The van der Waals surface area contributed by atoms with Gasteiger partial charge in [-0.3, -0.25) is 4.79 Å². The predicted molar refractivity (Wildman–Crippen MR) is 86.4 cm³/mol. The Morgan fingerprint density at radius 2 is 2.05 bits per heavy atom. The average molecular weight is 331 g/mol. The van der Waals surface area contributed by atoms with Crippen molar-refractivity contribution in [3.8, 4) is 0 Å². The molecule has 124 valence electrons. The maximum atomic E-state index is 13.8. The zero-order chi connectivity index (χ0) is 15.6. The molecule has 1 unspecified atom stereocenters. The van der Waals surface area contributed by atoms with Crippen molar-refractivity contribution >= 4 is 18.3 Å². The molecule has 2 atom stereocenters. The van der Waals surface area contributed by atoms with Crippen LogP contribution in [0.25, 0.3) is 0 Å². The molecule has 0 radical (unpaired) electrons. The third-order valence-corrected chi connectivity index (χ3v) is 3.83. The SMILES string of the molecule is CC(C)(C)[C@H](N)C(=O)N1CCOC(c2ccccc2F)C1.Cl. The molecule has 1 aliphatic rings. The van der Waals surface area contributed by atoms with Crippen LogP contribution in [0, 0.1) is 11.2 Å². The van der Waals surface area contributed by atoms with Gasteiger partial charge in [0.05, 0.1) is 19.2 Å². The molecule has 1 saturated heterocycles. The number of carbonyl (C=O) groups excluding carboxylic acids is 1. The summed E-state index contributed by atoms with van der Waals surface area (Å²) in [6.07, 6.45) is -0.434. The Balaban J connectivity index is 0.00000242. The molecule has 2 N–H and O–H groups in total. The molecule has 0 aliphatic carbocycles. The molecule has 1 fully saturated rings. The molecule has 6 heteroatoms. The van der Waals surface area contributed by atoms with E-state index < -0.39 is 12.1 Å². The highest BCUT2D eigenvalue weighted by Gasteiger charge is 2.34. The largest absolute Gasteiger partial charge is 0.370 e. The van der Waals surface area contributed by atoms with Crippen LogP contribution in [0.15, 0.2) is 24.3 Å². The number of carbonyl (C=O) groups is 1. The predicted octanol–water partition coefficient (Wildman–Crippen LogP) is 2.52. The Morgan fingerprint density at radius 1 is 1.41 bits per heavy atom. The number of hydrogen-bond acceptors (Lipinski definition) is 3. The van der Waals surface area contributed by atoms with Crippen LogP contribution in [0.5, 0.6) is 0 Å². The minimum Gasteiger partial charge on any atom is -0.370 e. The van der Waals surface area contributed by atoms with E-state index in [0.717, 1.165) is 0 Å². The number of nitrogens with two attached hydrogens (primary N) is 1. The van der Waals surface area contributed by atoms with E-state index in [1.54, 1.807) is 23.1 Å². The van der Waals surface area contributed by atoms with Gasteiger partial charge in [0, 0.05) is 12.1 Å². The van der Waals surface area contributed by atoms with E-state index >= 15 is 0 Å². The van der Waals surface area contributed by atoms with Gasteiger partial charge in [-0.15, -0.1) is 12.4 Å². The van der Waals surface area contributed by atoms with Gasteiger partial charge in [-0.2, -0.15) is 0 Å². The second-order valence-electron chi connectivity index (χ2n) is 6.51. The fourth-order valence-electron chi connectivity index (χ4n) is 2.34. The van der Waals surface area contributed by atoms with Gasteiger partial charge >= 0.3 is 0 Å². The van der Waals surface area contributed by atoms with Crippen molar-refractivity contribution in [1.82, 2.24) is 4.90 Å². The van der Waals surface area contributed by atoms with E-state index in [2.05, 4.69) is 0 Å². The Bertz CT molecular complexity index is 519. The van der Waals surface area contributed by atoms with Crippen LogP contribution >= 0.6 is 12.4 Å². The number of nitrogens with zero attached hydrogens (tertiary/aromatic N) is 1. The smallest absolute Gasteiger partial charge is 0.240 e. The molecular weight excluding hydrogens is 307 g/mol. The van der Waals surface area contributed by atoms with Gasteiger partial charge in [-0.1, -0.05) is 39.0 Å². The molecule has 1 aromatic carbocycles. The van der Waals surface area contributed by atoms with Crippen LogP contribution in [0.2, 0.25) is 0 Å². The molecule has 1 amide bonds. The fraction of sp³-hybridized carbons (Fsp3) is 0.562. The maximum Gasteiger partial charge on any atom is 0.240 e. The Morgan fingerprint density at radius 3 is 2.64 bits per heavy atom. The lowest BCUT2D eigenvalue weighted by atomic mass is 9.86. The van der Waals surface area contributed by atoms with Gasteiger partial charge in [0.1, 0.15) is 11.9 Å². The monoisotopic (exact) mass is 330 g/mol. The second-order valence-corrected chi connectivity index (χ2v) is 6.51. The number of hydrogen-bond donors (Lipinski definition) is 1. The first kappa shape index (κ1) is 18.9. The normalized spacial score (nSPS) is 20.2. The molecule has 4 nitrogen and oxygen atoms in total. The van der Waals surface area contributed by atoms with E-state index in [1.165, 1.54) is 6.07 Å². The lowest BCUT2D eigenvalue weighted by Crippen LogP contribution is -2.53. The lowest BCUT2D eigenvalue weighted by molar-refractivity contribution is -0.142. The minimum absolute atomic E-state index is 0. The first-order valence-electron chi connectivity index (χ1n) is 7.21. The van der Waals surface area contributed by atoms with Gasteiger partial charge in [-0.05, 0) is 11.5 Å². The van der Waals surface area contributed by atoms with Crippen molar-refractivity contribution < 1.29 is 13.9 Å². The van der Waals surface area contributed by atoms with Crippen molar-refractivity contribution in [2.45, 2.75) is 32.9 Å². The van der Waals surface area contributed by atoms with Gasteiger partial charge in [0.25, 0.3) is 0 Å². The molecule has 1 aromatic rings. The summed E-state index contributed by atoms with van der Waals surface area (Å²) in [6.45, 7) is 7.03. The first-order valence-corrected chi connectivity index (χ1v) is 7.21. The van der Waals surface area contributed by atoms with Crippen molar-refractivity contribution in [3.05, 3.63) is 35.6 Å². The molecular formula is C16H24ClFN2O2. The van der Waals surface area contributed by atoms with E-state index in [4.69, 9.17) is 10.5 Å². The molecule has 1 heterocycles. The standard InChI is InChI=1S/C16H23FN2O2.ClH/c1-16(2,3)14(18)15(20)19-8-9-21-13(10-19)11-6-4-5-7-12(11)17;/h4-7,13-14H,8-10,18H2,1-3H3;1H/t13?,14-;/m1./s1. The maximum absolute atomic E-state index is 13.8. The first-order chi connectivity index (χ1) is 9.80. The van der Waals surface area contributed by atoms with Gasteiger partial charge in [-0.25, -0.2) is 4.39 Å². The van der Waals surface area contributed by atoms with Crippen LogP contribution in [0.3, 0.4) is 0 Å². The molecule has 22 heavy (non-hydrogen) atoms. The molecule has 0 aromatic heterocycles. The summed E-state index contributed by atoms with van der Waals surface area (Å²) >= 11 is 0. The third-order valence-electron chi connectivity index (χ3n) is 3.83. The highest BCUT2D eigenvalue weighted by molar-refractivity contribution is 5.85. The molecule has 1 aliphatic heterocycles. The summed E-state index contributed by atoms with van der Waals surface area (Å²) in [5.74, 6) is -0.413. The molecule has 0 spiro atoms. The van der Waals surface area contributed by atoms with Crippen LogP contribution in [-0.2, 0) is 9.53 Å². The number of morpholine rings is 1. The van der Waals surface area contributed by atoms with E-state index in [-0.39, 0.29) is 29.5 Å². The van der Waals surface area contributed by atoms with Crippen molar-refractivity contribution in [3.63, 3.8) is 0 Å². The summed E-state index contributed by atoms with van der Waals surface area (Å²) in [6, 6.07) is 5.93. The summed E-state index contributed by atoms with van der Waals surface area (Å²) in [5.41, 5.74) is 6.22. The van der Waals surface area contributed by atoms with E-state index in [0.29, 0.717) is 25.3 Å². The summed E-state index contributed by atoms with van der Waals surface area (Å²) in [4.78, 5) is 14.1. The Labute approximate surface area is 137 Å². The number of halogens is 2. The number of rotatable bonds is 2. The van der Waals surface area contributed by atoms with Crippen molar-refractivity contribution in [1.29, 1.82) is 0 Å². The van der Waals surface area contributed by atoms with Crippen LogP contribution in [-0.4, -0.2) is 36.5 Å². The summed E-state index contributed by atoms with van der Waals surface area (Å²) < 4.78 is 19.5. The van der Waals surface area contributed by atoms with Gasteiger partial charge in [0.2, 0.25) is 5.91 Å². The number of ether oxygens (including phenoxy) is 1. The second kappa shape index (κ2) is 7.40. The van der Waals surface area contributed by atoms with Crippen molar-refractivity contribution in [2.75, 3.05) is 19.7 Å². The minimum atomic E-state index is -0.572. The van der Waals surface area contributed by atoms with Crippen LogP contribution < -0.4 is 5.73 Å². The van der Waals surface area contributed by atoms with Gasteiger partial charge < -0.3 is 15.4 Å². The zero-order valence-electron chi connectivity index (χ0n) is 13.2. The lowest BCUT2D eigenvalue weighted by Gasteiger charge is -2.37. The van der Waals surface area contributed by atoms with E-state index in [9.17, 15) is 9.18 Å². The molecule has 2 rings (SSSR count).